The standard InChI is InChI=1S/C13H22N2O2/c1-3-7-15-10-11(9-14-15)12(16)8-13(17-2)5-4-6-13/h9-10,12,16H,3-8H2,1-2H3. The minimum atomic E-state index is -0.458. The molecule has 1 aliphatic carbocycles. The number of hydrogen-bond donors (Lipinski definition) is 1. The van der Waals surface area contributed by atoms with E-state index in [1.54, 1.807) is 13.3 Å². The van der Waals surface area contributed by atoms with E-state index in [2.05, 4.69) is 12.0 Å². The van der Waals surface area contributed by atoms with Gasteiger partial charge in [-0.3, -0.25) is 4.68 Å². The summed E-state index contributed by atoms with van der Waals surface area (Å²) < 4.78 is 7.42. The Kier molecular flexibility index (Phi) is 3.84. The highest BCUT2D eigenvalue weighted by Gasteiger charge is 2.39. The quantitative estimate of drug-likeness (QED) is 0.827. The van der Waals surface area contributed by atoms with Crippen LogP contribution >= 0.6 is 0 Å². The number of aliphatic hydroxyl groups excluding tert-OH is 1. The van der Waals surface area contributed by atoms with Gasteiger partial charge in [-0.15, -0.1) is 0 Å². The van der Waals surface area contributed by atoms with E-state index in [1.165, 1.54) is 6.42 Å². The van der Waals surface area contributed by atoms with E-state index in [9.17, 15) is 5.11 Å². The number of hydrogen-bond acceptors (Lipinski definition) is 3. The Morgan fingerprint density at radius 1 is 1.59 bits per heavy atom. The van der Waals surface area contributed by atoms with Crippen molar-refractivity contribution in [2.75, 3.05) is 7.11 Å². The van der Waals surface area contributed by atoms with Gasteiger partial charge >= 0.3 is 0 Å². The summed E-state index contributed by atoms with van der Waals surface area (Å²) in [6, 6.07) is 0. The van der Waals surface area contributed by atoms with Gasteiger partial charge in [0, 0.05) is 31.8 Å². The molecule has 0 radical (unpaired) electrons. The van der Waals surface area contributed by atoms with E-state index >= 15 is 0 Å². The topological polar surface area (TPSA) is 47.3 Å². The Balaban J connectivity index is 1.96. The van der Waals surface area contributed by atoms with Crippen molar-refractivity contribution in [3.63, 3.8) is 0 Å². The summed E-state index contributed by atoms with van der Waals surface area (Å²) in [5, 5.41) is 14.4. The molecule has 96 valence electrons. The van der Waals surface area contributed by atoms with Crippen LogP contribution in [0.15, 0.2) is 12.4 Å². The third-order valence-electron chi connectivity index (χ3n) is 3.75. The average molecular weight is 238 g/mol. The van der Waals surface area contributed by atoms with Gasteiger partial charge in [0.1, 0.15) is 0 Å². The molecule has 1 aliphatic rings. The summed E-state index contributed by atoms with van der Waals surface area (Å²) in [5.74, 6) is 0. The number of nitrogens with zero attached hydrogens (tertiary/aromatic N) is 2. The lowest BCUT2D eigenvalue weighted by atomic mass is 9.75. The van der Waals surface area contributed by atoms with Crippen LogP contribution in [0.5, 0.6) is 0 Å². The van der Waals surface area contributed by atoms with Crippen LogP contribution in [0, 0.1) is 0 Å². The van der Waals surface area contributed by atoms with Crippen molar-refractivity contribution in [3.8, 4) is 0 Å². The molecule has 1 unspecified atom stereocenters. The van der Waals surface area contributed by atoms with E-state index in [-0.39, 0.29) is 5.60 Å². The highest BCUT2D eigenvalue weighted by molar-refractivity contribution is 5.10. The molecule has 0 spiro atoms. The molecule has 1 aromatic rings. The van der Waals surface area contributed by atoms with Crippen LogP contribution in [-0.2, 0) is 11.3 Å². The first kappa shape index (κ1) is 12.6. The fourth-order valence-corrected chi connectivity index (χ4v) is 2.44. The van der Waals surface area contributed by atoms with Gasteiger partial charge in [-0.05, 0) is 25.7 Å². The van der Waals surface area contributed by atoms with Crippen molar-refractivity contribution in [2.45, 2.75) is 57.3 Å². The summed E-state index contributed by atoms with van der Waals surface area (Å²) >= 11 is 0. The van der Waals surface area contributed by atoms with Gasteiger partial charge in [0.25, 0.3) is 0 Å². The van der Waals surface area contributed by atoms with Gasteiger partial charge in [0.05, 0.1) is 17.9 Å². The fraction of sp³-hybridized carbons (Fsp3) is 0.769. The molecule has 1 saturated carbocycles. The second-order valence-corrected chi connectivity index (χ2v) is 5.00. The Hall–Kier alpha value is -0.870. The van der Waals surface area contributed by atoms with Crippen LogP contribution in [-0.4, -0.2) is 27.6 Å². The highest BCUT2D eigenvalue weighted by Crippen LogP contribution is 2.41. The maximum Gasteiger partial charge on any atom is 0.0848 e. The van der Waals surface area contributed by atoms with E-state index in [4.69, 9.17) is 4.74 Å². The van der Waals surface area contributed by atoms with E-state index in [1.807, 2.05) is 10.9 Å². The number of aryl methyl sites for hydroxylation is 1. The van der Waals surface area contributed by atoms with Crippen molar-refractivity contribution >= 4 is 0 Å². The maximum atomic E-state index is 10.2. The monoisotopic (exact) mass is 238 g/mol. The van der Waals surface area contributed by atoms with Crippen LogP contribution in [0.2, 0.25) is 0 Å². The molecule has 4 nitrogen and oxygen atoms in total. The summed E-state index contributed by atoms with van der Waals surface area (Å²) in [5.41, 5.74) is 0.813. The number of methoxy groups -OCH3 is 1. The molecule has 0 amide bonds. The molecule has 1 atom stereocenters. The number of rotatable bonds is 6. The molecule has 0 aromatic carbocycles. The minimum absolute atomic E-state index is 0.0910. The number of aliphatic hydroxyl groups is 1. The van der Waals surface area contributed by atoms with E-state index in [0.29, 0.717) is 6.42 Å². The molecule has 0 bridgehead atoms. The molecule has 1 N–H and O–H groups in total. The SMILES string of the molecule is CCCn1cc(C(O)CC2(OC)CCC2)cn1. The van der Waals surface area contributed by atoms with Gasteiger partial charge in [0.15, 0.2) is 0 Å². The molecule has 1 fully saturated rings. The van der Waals surface area contributed by atoms with Gasteiger partial charge in [-0.25, -0.2) is 0 Å². The molecule has 1 aromatic heterocycles. The third kappa shape index (κ3) is 2.69. The van der Waals surface area contributed by atoms with Gasteiger partial charge in [-0.2, -0.15) is 5.10 Å². The van der Waals surface area contributed by atoms with Crippen LogP contribution in [0.4, 0.5) is 0 Å². The summed E-state index contributed by atoms with van der Waals surface area (Å²) in [7, 11) is 1.74. The van der Waals surface area contributed by atoms with Crippen LogP contribution in [0.3, 0.4) is 0 Å². The molecule has 0 aliphatic heterocycles. The fourth-order valence-electron chi connectivity index (χ4n) is 2.44. The van der Waals surface area contributed by atoms with Gasteiger partial charge in [-0.1, -0.05) is 6.92 Å². The highest BCUT2D eigenvalue weighted by atomic mass is 16.5. The Morgan fingerprint density at radius 2 is 2.35 bits per heavy atom. The third-order valence-corrected chi connectivity index (χ3v) is 3.75. The average Bonchev–Trinajstić information content (AvgIpc) is 2.72. The zero-order valence-electron chi connectivity index (χ0n) is 10.7. The Morgan fingerprint density at radius 3 is 2.88 bits per heavy atom. The normalized spacial score (nSPS) is 19.9. The summed E-state index contributed by atoms with van der Waals surface area (Å²) in [6.45, 7) is 3.02. The van der Waals surface area contributed by atoms with Crippen molar-refractivity contribution in [3.05, 3.63) is 18.0 Å². The predicted octanol–water partition coefficient (Wildman–Crippen LogP) is 2.29. The molecule has 1 heterocycles. The molecule has 17 heavy (non-hydrogen) atoms. The first-order valence-electron chi connectivity index (χ1n) is 6.45. The largest absolute Gasteiger partial charge is 0.388 e. The van der Waals surface area contributed by atoms with Crippen LogP contribution < -0.4 is 0 Å². The number of ether oxygens (including phenoxy) is 1. The number of aromatic nitrogens is 2. The first-order valence-corrected chi connectivity index (χ1v) is 6.45. The Labute approximate surface area is 103 Å². The van der Waals surface area contributed by atoms with Crippen LogP contribution in [0.25, 0.3) is 0 Å². The van der Waals surface area contributed by atoms with Crippen molar-refractivity contribution in [1.29, 1.82) is 0 Å². The van der Waals surface area contributed by atoms with Crippen molar-refractivity contribution in [2.24, 2.45) is 0 Å². The summed E-state index contributed by atoms with van der Waals surface area (Å²) in [4.78, 5) is 0. The van der Waals surface area contributed by atoms with Crippen molar-refractivity contribution < 1.29 is 9.84 Å². The van der Waals surface area contributed by atoms with Crippen LogP contribution in [0.1, 0.15) is 50.7 Å². The lowest BCUT2D eigenvalue weighted by Crippen LogP contribution is -2.40. The smallest absolute Gasteiger partial charge is 0.0848 e. The zero-order chi connectivity index (χ0) is 12.3. The Bertz CT molecular complexity index is 353. The van der Waals surface area contributed by atoms with E-state index in [0.717, 1.165) is 31.4 Å². The maximum absolute atomic E-state index is 10.2. The lowest BCUT2D eigenvalue weighted by Gasteiger charge is -2.41. The zero-order valence-corrected chi connectivity index (χ0v) is 10.7. The van der Waals surface area contributed by atoms with Crippen molar-refractivity contribution in [1.82, 2.24) is 9.78 Å². The molecular weight excluding hydrogens is 216 g/mol. The predicted molar refractivity (Wildman–Crippen MR) is 65.7 cm³/mol. The second-order valence-electron chi connectivity index (χ2n) is 5.00. The first-order chi connectivity index (χ1) is 8.19. The molecule has 0 saturated heterocycles. The molecule has 4 heteroatoms. The molecule has 2 rings (SSSR count). The van der Waals surface area contributed by atoms with Gasteiger partial charge in [0.2, 0.25) is 0 Å². The second kappa shape index (κ2) is 5.19. The van der Waals surface area contributed by atoms with E-state index < -0.39 is 6.10 Å². The lowest BCUT2D eigenvalue weighted by molar-refractivity contribution is -0.0999. The minimum Gasteiger partial charge on any atom is -0.388 e. The summed E-state index contributed by atoms with van der Waals surface area (Å²) in [6.07, 6.45) is 8.31. The van der Waals surface area contributed by atoms with Gasteiger partial charge < -0.3 is 9.84 Å². The molecular formula is C13H22N2O2.